The lowest BCUT2D eigenvalue weighted by Gasteiger charge is -2.20. The Hall–Kier alpha value is -2.73. The number of pyridine rings is 1. The molecule has 2 aromatic heterocycles. The summed E-state index contributed by atoms with van der Waals surface area (Å²) in [5, 5.41) is 4.05. The number of amides is 1. The van der Waals surface area contributed by atoms with Gasteiger partial charge in [-0.05, 0) is 43.2 Å². The zero-order valence-corrected chi connectivity index (χ0v) is 15.4. The number of ether oxygens (including phenoxy) is 1. The molecule has 0 bridgehead atoms. The van der Waals surface area contributed by atoms with E-state index in [9.17, 15) is 4.79 Å². The van der Waals surface area contributed by atoms with Crippen molar-refractivity contribution in [1.29, 1.82) is 0 Å². The topological polar surface area (TPSA) is 58.9 Å². The van der Waals surface area contributed by atoms with Gasteiger partial charge >= 0.3 is 6.09 Å². The maximum absolute atomic E-state index is 12.0. The third-order valence-electron chi connectivity index (χ3n) is 4.64. The Balaban J connectivity index is 1.67. The first kappa shape index (κ1) is 16.7. The average Bonchev–Trinajstić information content (AvgIpc) is 3.18. The second-order valence-corrected chi connectivity index (χ2v) is 6.65. The first-order valence-electron chi connectivity index (χ1n) is 8.46. The number of hydrogen-bond acceptors (Lipinski definition) is 4. The van der Waals surface area contributed by atoms with Crippen LogP contribution in [0.25, 0.3) is 5.65 Å². The van der Waals surface area contributed by atoms with Crippen LogP contribution in [0, 0.1) is 13.8 Å². The number of rotatable bonds is 4. The van der Waals surface area contributed by atoms with Crippen molar-refractivity contribution < 1.29 is 9.53 Å². The van der Waals surface area contributed by atoms with Gasteiger partial charge in [0, 0.05) is 12.7 Å². The molecule has 3 aromatic rings. The fraction of sp³-hybridized carbons (Fsp3) is 0.263. The van der Waals surface area contributed by atoms with Crippen molar-refractivity contribution in [2.45, 2.75) is 20.4 Å². The van der Waals surface area contributed by atoms with E-state index in [2.05, 4.69) is 10.3 Å². The fourth-order valence-corrected chi connectivity index (χ4v) is 3.43. The largest absolute Gasteiger partial charge is 0.447 e. The number of halogens is 1. The highest BCUT2D eigenvalue weighted by atomic mass is 35.5. The van der Waals surface area contributed by atoms with Crippen molar-refractivity contribution >= 4 is 34.7 Å². The number of imidazole rings is 1. The van der Waals surface area contributed by atoms with Crippen molar-refractivity contribution in [3.05, 3.63) is 58.5 Å². The molecule has 0 saturated carbocycles. The second kappa shape index (κ2) is 6.53. The monoisotopic (exact) mass is 370 g/mol. The van der Waals surface area contributed by atoms with Crippen LogP contribution in [-0.4, -0.2) is 28.6 Å². The molecular formula is C19H19ClN4O2. The molecule has 26 heavy (non-hydrogen) atoms. The van der Waals surface area contributed by atoms with E-state index in [1.807, 2.05) is 54.8 Å². The molecule has 1 aliphatic rings. The molecule has 3 heterocycles. The van der Waals surface area contributed by atoms with E-state index in [0.717, 1.165) is 33.8 Å². The fourth-order valence-electron chi connectivity index (χ4n) is 3.26. The lowest BCUT2D eigenvalue weighted by Crippen LogP contribution is -2.25. The second-order valence-electron chi connectivity index (χ2n) is 6.30. The summed E-state index contributed by atoms with van der Waals surface area (Å²) in [4.78, 5) is 18.2. The third kappa shape index (κ3) is 2.76. The summed E-state index contributed by atoms with van der Waals surface area (Å²) in [5.74, 6) is 0. The Morgan fingerprint density at radius 3 is 2.88 bits per heavy atom. The van der Waals surface area contributed by atoms with Crippen molar-refractivity contribution in [3.8, 4) is 0 Å². The number of carbonyl (C=O) groups excluding carboxylic acids is 1. The van der Waals surface area contributed by atoms with Crippen molar-refractivity contribution in [3.63, 3.8) is 0 Å². The third-order valence-corrected chi connectivity index (χ3v) is 5.10. The van der Waals surface area contributed by atoms with Crippen molar-refractivity contribution in [2.24, 2.45) is 0 Å². The van der Waals surface area contributed by atoms with Crippen LogP contribution in [0.1, 0.15) is 16.8 Å². The first-order valence-corrected chi connectivity index (χ1v) is 8.84. The number of anilines is 2. The first-order chi connectivity index (χ1) is 12.6. The van der Waals surface area contributed by atoms with Gasteiger partial charge in [0.25, 0.3) is 0 Å². The van der Waals surface area contributed by atoms with Crippen LogP contribution in [0.5, 0.6) is 0 Å². The number of aromatic nitrogens is 2. The minimum Gasteiger partial charge on any atom is -0.447 e. The molecule has 4 rings (SSSR count). The number of aryl methyl sites for hydroxylation is 2. The Morgan fingerprint density at radius 1 is 1.27 bits per heavy atom. The van der Waals surface area contributed by atoms with Gasteiger partial charge in [-0.3, -0.25) is 9.30 Å². The standard InChI is InChI=1S/C19H19ClN4O2/c1-12-5-3-7-16(23-9-10-26-19(23)25)14(12)11-21-15-6-4-8-24-17(20)13(2)22-18(15)24/h3-8,21H,9-11H2,1-2H3. The zero-order chi connectivity index (χ0) is 18.3. The predicted molar refractivity (Wildman–Crippen MR) is 102 cm³/mol. The van der Waals surface area contributed by atoms with Gasteiger partial charge in [0.2, 0.25) is 0 Å². The number of nitrogens with one attached hydrogen (secondary N) is 1. The van der Waals surface area contributed by atoms with Gasteiger partial charge in [0.05, 0.1) is 23.6 Å². The lowest BCUT2D eigenvalue weighted by atomic mass is 10.1. The highest BCUT2D eigenvalue weighted by Crippen LogP contribution is 2.28. The number of hydrogen-bond donors (Lipinski definition) is 1. The van der Waals surface area contributed by atoms with E-state index in [1.165, 1.54) is 0 Å². The molecule has 0 spiro atoms. The molecule has 1 N–H and O–H groups in total. The average molecular weight is 371 g/mol. The van der Waals surface area contributed by atoms with Crippen LogP contribution < -0.4 is 10.2 Å². The van der Waals surface area contributed by atoms with Crippen LogP contribution in [0.15, 0.2) is 36.5 Å². The minimum absolute atomic E-state index is 0.297. The summed E-state index contributed by atoms with van der Waals surface area (Å²) < 4.78 is 6.95. The molecule has 6 nitrogen and oxygen atoms in total. The number of cyclic esters (lactones) is 1. The summed E-state index contributed by atoms with van der Waals surface area (Å²) in [6.45, 7) is 5.48. The molecule has 0 radical (unpaired) electrons. The molecule has 1 saturated heterocycles. The van der Waals surface area contributed by atoms with Crippen LogP contribution in [0.4, 0.5) is 16.2 Å². The molecule has 1 aliphatic heterocycles. The summed E-state index contributed by atoms with van der Waals surface area (Å²) in [5.41, 5.74) is 5.51. The zero-order valence-electron chi connectivity index (χ0n) is 14.6. The molecule has 0 aliphatic carbocycles. The number of fused-ring (bicyclic) bond motifs is 1. The molecule has 0 unspecified atom stereocenters. The maximum Gasteiger partial charge on any atom is 0.414 e. The van der Waals surface area contributed by atoms with Crippen LogP contribution >= 0.6 is 11.6 Å². The van der Waals surface area contributed by atoms with Gasteiger partial charge < -0.3 is 10.1 Å². The van der Waals surface area contributed by atoms with E-state index < -0.39 is 0 Å². The van der Waals surface area contributed by atoms with Gasteiger partial charge in [-0.2, -0.15) is 0 Å². The minimum atomic E-state index is -0.297. The van der Waals surface area contributed by atoms with E-state index in [-0.39, 0.29) is 6.09 Å². The number of carbonyl (C=O) groups is 1. The van der Waals surface area contributed by atoms with Crippen LogP contribution in [-0.2, 0) is 11.3 Å². The Kier molecular flexibility index (Phi) is 4.20. The van der Waals surface area contributed by atoms with E-state index >= 15 is 0 Å². The normalized spacial score (nSPS) is 14.1. The molecular weight excluding hydrogens is 352 g/mol. The van der Waals surface area contributed by atoms with E-state index in [0.29, 0.717) is 24.8 Å². The Morgan fingerprint density at radius 2 is 2.12 bits per heavy atom. The van der Waals surface area contributed by atoms with Gasteiger partial charge in [-0.15, -0.1) is 0 Å². The van der Waals surface area contributed by atoms with Gasteiger partial charge in [-0.25, -0.2) is 9.78 Å². The van der Waals surface area contributed by atoms with Crippen molar-refractivity contribution in [2.75, 3.05) is 23.4 Å². The summed E-state index contributed by atoms with van der Waals surface area (Å²) in [7, 11) is 0. The number of nitrogens with zero attached hydrogens (tertiary/aromatic N) is 3. The summed E-state index contributed by atoms with van der Waals surface area (Å²) >= 11 is 6.30. The Bertz CT molecular complexity index is 999. The molecule has 1 amide bonds. The summed E-state index contributed by atoms with van der Waals surface area (Å²) in [6, 6.07) is 9.85. The van der Waals surface area contributed by atoms with Crippen LogP contribution in [0.3, 0.4) is 0 Å². The highest BCUT2D eigenvalue weighted by Gasteiger charge is 2.26. The predicted octanol–water partition coefficient (Wildman–Crippen LogP) is 4.17. The summed E-state index contributed by atoms with van der Waals surface area (Å²) in [6.07, 6.45) is 1.59. The number of benzene rings is 1. The van der Waals surface area contributed by atoms with Gasteiger partial charge in [0.1, 0.15) is 11.8 Å². The SMILES string of the molecule is Cc1cccc(N2CCOC2=O)c1CNc1cccn2c(Cl)c(C)nc12. The van der Waals surface area contributed by atoms with Crippen LogP contribution in [0.2, 0.25) is 5.15 Å². The molecule has 0 atom stereocenters. The maximum atomic E-state index is 12.0. The van der Waals surface area contributed by atoms with E-state index in [4.69, 9.17) is 16.3 Å². The van der Waals surface area contributed by atoms with Gasteiger partial charge in [-0.1, -0.05) is 23.7 Å². The quantitative estimate of drug-likeness (QED) is 0.748. The lowest BCUT2D eigenvalue weighted by molar-refractivity contribution is 0.181. The van der Waals surface area contributed by atoms with Gasteiger partial charge in [0.15, 0.2) is 5.65 Å². The van der Waals surface area contributed by atoms with E-state index in [1.54, 1.807) is 4.90 Å². The van der Waals surface area contributed by atoms with Crippen molar-refractivity contribution in [1.82, 2.24) is 9.38 Å². The molecule has 134 valence electrons. The smallest absolute Gasteiger partial charge is 0.414 e. The molecule has 1 aromatic carbocycles. The highest BCUT2D eigenvalue weighted by molar-refractivity contribution is 6.30. The molecule has 1 fully saturated rings. The molecule has 7 heteroatoms. The Labute approximate surface area is 156 Å².